The Labute approximate surface area is 164 Å². The van der Waals surface area contributed by atoms with Crippen LogP contribution in [0, 0.1) is 0 Å². The molecule has 1 heterocycles. The molecule has 3 aliphatic rings. The average molecular weight is 386 g/mol. The van der Waals surface area contributed by atoms with Crippen molar-refractivity contribution in [1.29, 1.82) is 0 Å². The van der Waals surface area contributed by atoms with Gasteiger partial charge >= 0.3 is 5.97 Å². The number of carbonyl (C=O) groups is 2. The number of benzene rings is 1. The van der Waals surface area contributed by atoms with E-state index < -0.39 is 5.92 Å². The fourth-order valence-corrected chi connectivity index (χ4v) is 4.69. The van der Waals surface area contributed by atoms with E-state index in [2.05, 4.69) is 5.32 Å². The first-order valence-corrected chi connectivity index (χ1v) is 10.1. The predicted octanol–water partition coefficient (Wildman–Crippen LogP) is 4.79. The van der Waals surface area contributed by atoms with Crippen LogP contribution >= 0.6 is 11.6 Å². The van der Waals surface area contributed by atoms with Crippen LogP contribution in [-0.2, 0) is 14.3 Å². The lowest BCUT2D eigenvalue weighted by atomic mass is 9.75. The molecule has 0 bridgehead atoms. The van der Waals surface area contributed by atoms with Crippen molar-refractivity contribution in [3.8, 4) is 0 Å². The number of nitrogens with one attached hydrogen (secondary N) is 1. The van der Waals surface area contributed by atoms with Crippen LogP contribution in [0.3, 0.4) is 0 Å². The molecule has 4 rings (SSSR count). The van der Waals surface area contributed by atoms with Crippen molar-refractivity contribution in [2.45, 2.75) is 63.9 Å². The molecule has 1 saturated carbocycles. The number of Topliss-reactive ketones (excluding diaryl/α,β-unsaturated/α-hetero) is 1. The third-order valence-electron chi connectivity index (χ3n) is 5.75. The van der Waals surface area contributed by atoms with E-state index in [4.69, 9.17) is 16.3 Å². The summed E-state index contributed by atoms with van der Waals surface area (Å²) >= 11 is 6.23. The number of esters is 1. The van der Waals surface area contributed by atoms with Gasteiger partial charge in [0.15, 0.2) is 5.78 Å². The monoisotopic (exact) mass is 385 g/mol. The van der Waals surface area contributed by atoms with E-state index >= 15 is 0 Å². The van der Waals surface area contributed by atoms with E-state index in [0.717, 1.165) is 55.5 Å². The highest BCUT2D eigenvalue weighted by atomic mass is 35.5. The first kappa shape index (κ1) is 18.3. The van der Waals surface area contributed by atoms with Gasteiger partial charge in [0.25, 0.3) is 0 Å². The summed E-state index contributed by atoms with van der Waals surface area (Å²) in [5.41, 5.74) is 3.82. The largest absolute Gasteiger partial charge is 0.459 e. The Balaban J connectivity index is 1.77. The zero-order chi connectivity index (χ0) is 19.0. The van der Waals surface area contributed by atoms with Gasteiger partial charge in [0.1, 0.15) is 6.10 Å². The molecule has 0 amide bonds. The highest BCUT2D eigenvalue weighted by Gasteiger charge is 2.39. The standard InChI is InChI=1S/C22H24ClNO3/c1-13-19(22(26)27-16-8-2-3-9-16)20(14-6-4-7-15(23)12-14)21-17(24-13)10-5-11-18(21)25/h4,6-7,12,16,20,24H,2-3,5,8-11H2,1H3. The molecule has 2 aliphatic carbocycles. The number of carbonyl (C=O) groups excluding carboxylic acids is 2. The summed E-state index contributed by atoms with van der Waals surface area (Å²) in [5.74, 6) is -0.629. The summed E-state index contributed by atoms with van der Waals surface area (Å²) in [5, 5.41) is 3.92. The molecule has 1 fully saturated rings. The topological polar surface area (TPSA) is 55.4 Å². The van der Waals surface area contributed by atoms with Crippen molar-refractivity contribution in [2.75, 3.05) is 0 Å². The second kappa shape index (κ2) is 7.51. The number of allylic oxidation sites excluding steroid dienone is 3. The molecule has 1 aromatic carbocycles. The van der Waals surface area contributed by atoms with Crippen LogP contribution in [0.15, 0.2) is 46.8 Å². The molecule has 27 heavy (non-hydrogen) atoms. The SMILES string of the molecule is CC1=C(C(=O)OC2CCCC2)C(c2cccc(Cl)c2)C2=C(CCCC2=O)N1. The number of dihydropyridines is 1. The Hall–Kier alpha value is -2.07. The average Bonchev–Trinajstić information content (AvgIpc) is 3.13. The maximum Gasteiger partial charge on any atom is 0.337 e. The van der Waals surface area contributed by atoms with Crippen LogP contribution in [0.25, 0.3) is 0 Å². The van der Waals surface area contributed by atoms with Gasteiger partial charge in [0.2, 0.25) is 0 Å². The summed E-state index contributed by atoms with van der Waals surface area (Å²) in [6.07, 6.45) is 6.18. The molecule has 1 aliphatic heterocycles. The van der Waals surface area contributed by atoms with Gasteiger partial charge in [0, 0.05) is 34.3 Å². The van der Waals surface area contributed by atoms with E-state index in [1.54, 1.807) is 6.07 Å². The molecule has 0 spiro atoms. The number of rotatable bonds is 3. The molecule has 1 N–H and O–H groups in total. The van der Waals surface area contributed by atoms with Crippen LogP contribution in [-0.4, -0.2) is 17.9 Å². The van der Waals surface area contributed by atoms with E-state index in [9.17, 15) is 9.59 Å². The zero-order valence-corrected chi connectivity index (χ0v) is 16.3. The minimum atomic E-state index is -0.415. The Morgan fingerprint density at radius 1 is 1.19 bits per heavy atom. The molecule has 0 saturated heterocycles. The number of ketones is 1. The fraction of sp³-hybridized carbons (Fsp3) is 0.455. The van der Waals surface area contributed by atoms with Crippen molar-refractivity contribution in [1.82, 2.24) is 5.32 Å². The van der Waals surface area contributed by atoms with E-state index in [1.807, 2.05) is 25.1 Å². The van der Waals surface area contributed by atoms with E-state index in [-0.39, 0.29) is 17.9 Å². The molecule has 5 heteroatoms. The summed E-state index contributed by atoms with van der Waals surface area (Å²) in [7, 11) is 0. The maximum absolute atomic E-state index is 13.1. The van der Waals surface area contributed by atoms with Gasteiger partial charge < -0.3 is 10.1 Å². The number of hydrogen-bond donors (Lipinski definition) is 1. The molecule has 1 aromatic rings. The van der Waals surface area contributed by atoms with Crippen LogP contribution in [0.5, 0.6) is 0 Å². The minimum Gasteiger partial charge on any atom is -0.459 e. The second-order valence-electron chi connectivity index (χ2n) is 7.63. The summed E-state index contributed by atoms with van der Waals surface area (Å²) in [6, 6.07) is 7.45. The van der Waals surface area contributed by atoms with Gasteiger partial charge in [-0.2, -0.15) is 0 Å². The second-order valence-corrected chi connectivity index (χ2v) is 8.07. The summed E-state index contributed by atoms with van der Waals surface area (Å²) in [4.78, 5) is 25.9. The third-order valence-corrected chi connectivity index (χ3v) is 5.99. The van der Waals surface area contributed by atoms with E-state index in [0.29, 0.717) is 22.6 Å². The van der Waals surface area contributed by atoms with Crippen molar-refractivity contribution in [2.24, 2.45) is 0 Å². The van der Waals surface area contributed by atoms with Crippen LogP contribution in [0.4, 0.5) is 0 Å². The third kappa shape index (κ3) is 3.55. The summed E-state index contributed by atoms with van der Waals surface area (Å²) < 4.78 is 5.81. The highest BCUT2D eigenvalue weighted by Crippen LogP contribution is 2.43. The first-order chi connectivity index (χ1) is 13.0. The number of halogens is 1. The molecule has 0 radical (unpaired) electrons. The smallest absolute Gasteiger partial charge is 0.337 e. The molecule has 4 nitrogen and oxygen atoms in total. The van der Waals surface area contributed by atoms with Gasteiger partial charge in [-0.3, -0.25) is 4.79 Å². The molecule has 142 valence electrons. The quantitative estimate of drug-likeness (QED) is 0.760. The van der Waals surface area contributed by atoms with E-state index in [1.165, 1.54) is 0 Å². The van der Waals surface area contributed by atoms with Crippen LogP contribution in [0.1, 0.15) is 63.4 Å². The lowest BCUT2D eigenvalue weighted by Gasteiger charge is -2.34. The Bertz CT molecular complexity index is 849. The maximum atomic E-state index is 13.1. The Kier molecular flexibility index (Phi) is 5.09. The van der Waals surface area contributed by atoms with Crippen molar-refractivity contribution >= 4 is 23.4 Å². The molecular weight excluding hydrogens is 362 g/mol. The van der Waals surface area contributed by atoms with Crippen LogP contribution < -0.4 is 5.32 Å². The van der Waals surface area contributed by atoms with Crippen molar-refractivity contribution < 1.29 is 14.3 Å². The zero-order valence-electron chi connectivity index (χ0n) is 15.5. The summed E-state index contributed by atoms with van der Waals surface area (Å²) in [6.45, 7) is 1.89. The fourth-order valence-electron chi connectivity index (χ4n) is 4.49. The van der Waals surface area contributed by atoms with Crippen LogP contribution in [0.2, 0.25) is 5.02 Å². The Morgan fingerprint density at radius 3 is 2.70 bits per heavy atom. The predicted molar refractivity (Wildman–Crippen MR) is 104 cm³/mol. The lowest BCUT2D eigenvalue weighted by molar-refractivity contribution is -0.144. The van der Waals surface area contributed by atoms with Gasteiger partial charge in [-0.1, -0.05) is 23.7 Å². The molecule has 0 aromatic heterocycles. The van der Waals surface area contributed by atoms with Gasteiger partial charge in [0.05, 0.1) is 5.57 Å². The number of hydrogen-bond acceptors (Lipinski definition) is 4. The molecular formula is C22H24ClNO3. The normalized spacial score (nSPS) is 23.3. The van der Waals surface area contributed by atoms with Crippen molar-refractivity contribution in [3.05, 3.63) is 57.4 Å². The molecule has 1 unspecified atom stereocenters. The van der Waals surface area contributed by atoms with Crippen molar-refractivity contribution in [3.63, 3.8) is 0 Å². The first-order valence-electron chi connectivity index (χ1n) is 9.75. The molecule has 1 atom stereocenters. The van der Waals surface area contributed by atoms with Gasteiger partial charge in [-0.25, -0.2) is 4.79 Å². The highest BCUT2D eigenvalue weighted by molar-refractivity contribution is 6.30. The Morgan fingerprint density at radius 2 is 1.96 bits per heavy atom. The number of ether oxygens (including phenoxy) is 1. The lowest BCUT2D eigenvalue weighted by Crippen LogP contribution is -2.35. The minimum absolute atomic E-state index is 0.0183. The van der Waals surface area contributed by atoms with Gasteiger partial charge in [-0.15, -0.1) is 0 Å². The van der Waals surface area contributed by atoms with Gasteiger partial charge in [-0.05, 0) is 63.1 Å².